The lowest BCUT2D eigenvalue weighted by Gasteiger charge is -2.23. The van der Waals surface area contributed by atoms with Crippen molar-refractivity contribution in [3.05, 3.63) is 35.4 Å². The Labute approximate surface area is 151 Å². The lowest BCUT2D eigenvalue weighted by atomic mass is 9.84. The predicted molar refractivity (Wildman–Crippen MR) is 101 cm³/mol. The van der Waals surface area contributed by atoms with E-state index in [1.54, 1.807) is 0 Å². The van der Waals surface area contributed by atoms with Crippen molar-refractivity contribution in [1.29, 1.82) is 0 Å². The maximum absolute atomic E-state index is 12.8. The van der Waals surface area contributed by atoms with E-state index in [-0.39, 0.29) is 11.2 Å². The van der Waals surface area contributed by atoms with Crippen molar-refractivity contribution in [2.75, 3.05) is 19.3 Å². The third kappa shape index (κ3) is 4.63. The van der Waals surface area contributed by atoms with Crippen molar-refractivity contribution in [1.82, 2.24) is 4.90 Å². The number of carbonyl (C=O) groups is 1. The van der Waals surface area contributed by atoms with Crippen molar-refractivity contribution < 1.29 is 13.2 Å². The summed E-state index contributed by atoms with van der Waals surface area (Å²) in [6.07, 6.45) is 9.73. The molecular formula is C20H29NO3S. The van der Waals surface area contributed by atoms with Crippen LogP contribution in [0.3, 0.4) is 0 Å². The van der Waals surface area contributed by atoms with Crippen molar-refractivity contribution in [2.45, 2.75) is 62.5 Å². The molecule has 1 aromatic carbocycles. The smallest absolute Gasteiger partial charge is 0.253 e. The summed E-state index contributed by atoms with van der Waals surface area (Å²) in [6, 6.07) is 8.12. The van der Waals surface area contributed by atoms with E-state index in [0.29, 0.717) is 31.8 Å². The zero-order valence-corrected chi connectivity index (χ0v) is 15.9. The SMILES string of the molecule is CS(=O)(=O)C1CCCN(C(=O)c2ccc(C3CCCCC3)cc2)CC1. The predicted octanol–water partition coefficient (Wildman–Crippen LogP) is 3.77. The summed E-state index contributed by atoms with van der Waals surface area (Å²) in [5, 5.41) is -0.307. The molecule has 3 rings (SSSR count). The van der Waals surface area contributed by atoms with Gasteiger partial charge in [0.05, 0.1) is 5.25 Å². The highest BCUT2D eigenvalue weighted by Gasteiger charge is 2.27. The summed E-state index contributed by atoms with van der Waals surface area (Å²) in [7, 11) is -3.02. The molecule has 2 fully saturated rings. The first-order valence-electron chi connectivity index (χ1n) is 9.53. The average molecular weight is 364 g/mol. The first-order valence-corrected chi connectivity index (χ1v) is 11.5. The van der Waals surface area contributed by atoms with Crippen LogP contribution in [-0.2, 0) is 9.84 Å². The van der Waals surface area contributed by atoms with E-state index < -0.39 is 9.84 Å². The molecule has 0 aromatic heterocycles. The number of carbonyl (C=O) groups excluding carboxylic acids is 1. The molecule has 1 saturated heterocycles. The molecule has 0 radical (unpaired) electrons. The summed E-state index contributed by atoms with van der Waals surface area (Å²) in [5.74, 6) is 0.677. The Bertz CT molecular complexity index is 690. The Morgan fingerprint density at radius 3 is 2.24 bits per heavy atom. The number of sulfone groups is 1. The van der Waals surface area contributed by atoms with Crippen LogP contribution in [0.15, 0.2) is 24.3 Å². The first kappa shape index (κ1) is 18.4. The fraction of sp³-hybridized carbons (Fsp3) is 0.650. The molecule has 0 spiro atoms. The van der Waals surface area contributed by atoms with Crippen LogP contribution < -0.4 is 0 Å². The molecule has 5 heteroatoms. The lowest BCUT2D eigenvalue weighted by Crippen LogP contribution is -2.32. The van der Waals surface area contributed by atoms with Crippen LogP contribution in [0, 0.1) is 0 Å². The van der Waals surface area contributed by atoms with Gasteiger partial charge in [0.15, 0.2) is 0 Å². The largest absolute Gasteiger partial charge is 0.339 e. The number of nitrogens with zero attached hydrogens (tertiary/aromatic N) is 1. The van der Waals surface area contributed by atoms with Gasteiger partial charge in [0.2, 0.25) is 0 Å². The number of amides is 1. The molecule has 1 atom stereocenters. The second-order valence-electron chi connectivity index (χ2n) is 7.63. The zero-order valence-electron chi connectivity index (χ0n) is 15.1. The van der Waals surface area contributed by atoms with Gasteiger partial charge in [-0.3, -0.25) is 4.79 Å². The molecular weight excluding hydrogens is 334 g/mol. The van der Waals surface area contributed by atoms with Gasteiger partial charge in [0.25, 0.3) is 5.91 Å². The summed E-state index contributed by atoms with van der Waals surface area (Å²) in [6.45, 7) is 1.18. The Hall–Kier alpha value is -1.36. The number of rotatable bonds is 3. The molecule has 25 heavy (non-hydrogen) atoms. The summed E-state index contributed by atoms with van der Waals surface area (Å²) >= 11 is 0. The molecule has 1 unspecified atom stereocenters. The van der Waals surface area contributed by atoms with Crippen LogP contribution >= 0.6 is 0 Å². The maximum Gasteiger partial charge on any atom is 0.253 e. The Morgan fingerprint density at radius 2 is 1.60 bits per heavy atom. The Kier molecular flexibility index (Phi) is 5.82. The fourth-order valence-corrected chi connectivity index (χ4v) is 5.34. The average Bonchev–Trinajstić information content (AvgIpc) is 2.88. The van der Waals surface area contributed by atoms with E-state index in [4.69, 9.17) is 0 Å². The molecule has 0 bridgehead atoms. The highest BCUT2D eigenvalue weighted by Crippen LogP contribution is 2.32. The minimum Gasteiger partial charge on any atom is -0.339 e. The van der Waals surface area contributed by atoms with Gasteiger partial charge < -0.3 is 4.90 Å². The van der Waals surface area contributed by atoms with Crippen molar-refractivity contribution in [3.8, 4) is 0 Å². The van der Waals surface area contributed by atoms with Gasteiger partial charge in [-0.25, -0.2) is 8.42 Å². The first-order chi connectivity index (χ1) is 11.9. The van der Waals surface area contributed by atoms with Gasteiger partial charge in [-0.2, -0.15) is 0 Å². The summed E-state index contributed by atoms with van der Waals surface area (Å²) < 4.78 is 23.5. The van der Waals surface area contributed by atoms with E-state index in [1.165, 1.54) is 43.9 Å². The van der Waals surface area contributed by atoms with Gasteiger partial charge in [0, 0.05) is 24.9 Å². The quantitative estimate of drug-likeness (QED) is 0.821. The molecule has 1 aliphatic heterocycles. The highest BCUT2D eigenvalue weighted by atomic mass is 32.2. The molecule has 1 saturated carbocycles. The molecule has 2 aliphatic rings. The number of hydrogen-bond donors (Lipinski definition) is 0. The van der Waals surface area contributed by atoms with Crippen molar-refractivity contribution in [3.63, 3.8) is 0 Å². The molecule has 4 nitrogen and oxygen atoms in total. The summed E-state index contributed by atoms with van der Waals surface area (Å²) in [4.78, 5) is 14.6. The number of benzene rings is 1. The molecule has 0 N–H and O–H groups in total. The minimum absolute atomic E-state index is 0.0318. The van der Waals surface area contributed by atoms with E-state index in [2.05, 4.69) is 12.1 Å². The number of hydrogen-bond acceptors (Lipinski definition) is 3. The van der Waals surface area contributed by atoms with Gasteiger partial charge in [0.1, 0.15) is 9.84 Å². The molecule has 1 amide bonds. The Balaban J connectivity index is 1.64. The van der Waals surface area contributed by atoms with Crippen LogP contribution in [0.2, 0.25) is 0 Å². The zero-order chi connectivity index (χ0) is 17.9. The van der Waals surface area contributed by atoms with Crippen LogP contribution in [0.4, 0.5) is 0 Å². The van der Waals surface area contributed by atoms with Crippen LogP contribution in [0.1, 0.15) is 73.2 Å². The Morgan fingerprint density at radius 1 is 0.920 bits per heavy atom. The van der Waals surface area contributed by atoms with Crippen LogP contribution in [0.5, 0.6) is 0 Å². The fourth-order valence-electron chi connectivity index (χ4n) is 4.21. The normalized spacial score (nSPS) is 23.2. The van der Waals surface area contributed by atoms with Crippen LogP contribution in [-0.4, -0.2) is 43.8 Å². The third-order valence-corrected chi connectivity index (χ3v) is 7.48. The maximum atomic E-state index is 12.8. The van der Waals surface area contributed by atoms with Gasteiger partial charge in [-0.05, 0) is 55.7 Å². The van der Waals surface area contributed by atoms with E-state index in [0.717, 1.165) is 12.0 Å². The lowest BCUT2D eigenvalue weighted by molar-refractivity contribution is 0.0761. The third-order valence-electron chi connectivity index (χ3n) is 5.80. The van der Waals surface area contributed by atoms with Crippen LogP contribution in [0.25, 0.3) is 0 Å². The standard InChI is InChI=1S/C20H29NO3S/c1-25(23,24)19-8-5-14-21(15-13-19)20(22)18-11-9-17(10-12-18)16-6-3-2-4-7-16/h9-12,16,19H,2-8,13-15H2,1H3. The van der Waals surface area contributed by atoms with E-state index >= 15 is 0 Å². The van der Waals surface area contributed by atoms with E-state index in [9.17, 15) is 13.2 Å². The highest BCUT2D eigenvalue weighted by molar-refractivity contribution is 7.91. The molecule has 1 heterocycles. The minimum atomic E-state index is -3.02. The van der Waals surface area contributed by atoms with Crippen molar-refractivity contribution in [2.24, 2.45) is 0 Å². The second kappa shape index (κ2) is 7.90. The topological polar surface area (TPSA) is 54.5 Å². The molecule has 138 valence electrons. The number of likely N-dealkylation sites (tertiary alicyclic amines) is 1. The summed E-state index contributed by atoms with van der Waals surface area (Å²) in [5.41, 5.74) is 2.07. The van der Waals surface area contributed by atoms with Gasteiger partial charge in [-0.15, -0.1) is 0 Å². The molecule has 1 aliphatic carbocycles. The second-order valence-corrected chi connectivity index (χ2v) is 9.96. The van der Waals surface area contributed by atoms with Gasteiger partial charge in [-0.1, -0.05) is 31.4 Å². The van der Waals surface area contributed by atoms with Gasteiger partial charge >= 0.3 is 0 Å². The monoisotopic (exact) mass is 363 g/mol. The molecule has 1 aromatic rings. The van der Waals surface area contributed by atoms with Crippen molar-refractivity contribution >= 4 is 15.7 Å². The van der Waals surface area contributed by atoms with E-state index in [1.807, 2.05) is 17.0 Å².